The fourth-order valence-electron chi connectivity index (χ4n) is 2.49. The Labute approximate surface area is 119 Å². The molecule has 1 aliphatic rings. The summed E-state index contributed by atoms with van der Waals surface area (Å²) >= 11 is 1.74. The standard InChI is InChI=1S/C13H24N4OS/c1-16-5-4-6-17(2)11(8-16)13-15-10(9-18-3)12(7-14)19-13/h11H,4-9,14H2,1-3H3. The third-order valence-corrected chi connectivity index (χ3v) is 4.83. The second-order valence-electron chi connectivity index (χ2n) is 5.17. The first kappa shape index (κ1) is 14.9. The first-order valence-electron chi connectivity index (χ1n) is 6.72. The van der Waals surface area contributed by atoms with E-state index in [1.165, 1.54) is 11.4 Å². The second-order valence-corrected chi connectivity index (χ2v) is 6.29. The predicted molar refractivity (Wildman–Crippen MR) is 78.2 cm³/mol. The molecule has 0 aromatic carbocycles. The van der Waals surface area contributed by atoms with Crippen molar-refractivity contribution >= 4 is 11.3 Å². The summed E-state index contributed by atoms with van der Waals surface area (Å²) in [5.41, 5.74) is 6.81. The summed E-state index contributed by atoms with van der Waals surface area (Å²) in [4.78, 5) is 10.7. The third kappa shape index (κ3) is 3.52. The van der Waals surface area contributed by atoms with Crippen molar-refractivity contribution < 1.29 is 4.74 Å². The highest BCUT2D eigenvalue weighted by Crippen LogP contribution is 2.29. The average molecular weight is 284 g/mol. The molecule has 0 amide bonds. The van der Waals surface area contributed by atoms with Crippen molar-refractivity contribution in [3.63, 3.8) is 0 Å². The van der Waals surface area contributed by atoms with Crippen LogP contribution < -0.4 is 5.73 Å². The lowest BCUT2D eigenvalue weighted by Gasteiger charge is -2.25. The van der Waals surface area contributed by atoms with E-state index in [0.29, 0.717) is 19.2 Å². The third-order valence-electron chi connectivity index (χ3n) is 3.61. The Hall–Kier alpha value is -0.530. The van der Waals surface area contributed by atoms with Crippen LogP contribution in [0.5, 0.6) is 0 Å². The summed E-state index contributed by atoms with van der Waals surface area (Å²) < 4.78 is 5.21. The van der Waals surface area contributed by atoms with E-state index in [1.807, 2.05) is 0 Å². The van der Waals surface area contributed by atoms with Crippen LogP contribution in [0.1, 0.15) is 28.0 Å². The van der Waals surface area contributed by atoms with Gasteiger partial charge in [0.05, 0.1) is 18.3 Å². The first-order chi connectivity index (χ1) is 9.15. The molecule has 0 spiro atoms. The molecule has 2 heterocycles. The minimum atomic E-state index is 0.369. The van der Waals surface area contributed by atoms with Gasteiger partial charge in [-0.15, -0.1) is 11.3 Å². The van der Waals surface area contributed by atoms with Crippen LogP contribution in [-0.2, 0) is 17.9 Å². The molecule has 6 heteroatoms. The van der Waals surface area contributed by atoms with E-state index >= 15 is 0 Å². The zero-order valence-electron chi connectivity index (χ0n) is 12.1. The van der Waals surface area contributed by atoms with Gasteiger partial charge in [-0.2, -0.15) is 0 Å². The monoisotopic (exact) mass is 284 g/mol. The summed E-state index contributed by atoms with van der Waals surface area (Å²) in [5.74, 6) is 0. The Balaban J connectivity index is 2.23. The van der Waals surface area contributed by atoms with Gasteiger partial charge in [-0.05, 0) is 33.6 Å². The molecule has 0 saturated carbocycles. The minimum Gasteiger partial charge on any atom is -0.378 e. The molecule has 108 valence electrons. The number of nitrogens with two attached hydrogens (primary N) is 1. The fourth-order valence-corrected chi connectivity index (χ4v) is 3.60. The summed E-state index contributed by atoms with van der Waals surface area (Å²) in [6.07, 6.45) is 1.21. The van der Waals surface area contributed by atoms with Crippen LogP contribution in [0, 0.1) is 0 Å². The number of likely N-dealkylation sites (N-methyl/N-ethyl adjacent to an activating group) is 2. The van der Waals surface area contributed by atoms with Crippen molar-refractivity contribution in [3.8, 4) is 0 Å². The predicted octanol–water partition coefficient (Wildman–Crippen LogP) is 1.06. The lowest BCUT2D eigenvalue weighted by Crippen LogP contribution is -2.30. The molecule has 19 heavy (non-hydrogen) atoms. The van der Waals surface area contributed by atoms with E-state index in [4.69, 9.17) is 15.5 Å². The Morgan fingerprint density at radius 2 is 2.21 bits per heavy atom. The van der Waals surface area contributed by atoms with Crippen molar-refractivity contribution in [2.75, 3.05) is 40.8 Å². The Kier molecular flexibility index (Phi) is 5.29. The maximum atomic E-state index is 5.81. The Morgan fingerprint density at radius 1 is 1.42 bits per heavy atom. The van der Waals surface area contributed by atoms with Crippen LogP contribution in [0.15, 0.2) is 0 Å². The highest BCUT2D eigenvalue weighted by Gasteiger charge is 2.25. The summed E-state index contributed by atoms with van der Waals surface area (Å²) in [6, 6.07) is 0.369. The van der Waals surface area contributed by atoms with Crippen molar-refractivity contribution in [2.24, 2.45) is 5.73 Å². The van der Waals surface area contributed by atoms with Crippen molar-refractivity contribution in [3.05, 3.63) is 15.6 Å². The number of hydrogen-bond acceptors (Lipinski definition) is 6. The van der Waals surface area contributed by atoms with Gasteiger partial charge in [-0.1, -0.05) is 0 Å². The van der Waals surface area contributed by atoms with Crippen LogP contribution in [0.3, 0.4) is 0 Å². The summed E-state index contributed by atoms with van der Waals surface area (Å²) in [5, 5.41) is 1.17. The van der Waals surface area contributed by atoms with Crippen molar-refractivity contribution in [1.29, 1.82) is 0 Å². The van der Waals surface area contributed by atoms with Crippen LogP contribution in [0.4, 0.5) is 0 Å². The quantitative estimate of drug-likeness (QED) is 0.896. The number of methoxy groups -OCH3 is 1. The van der Waals surface area contributed by atoms with Gasteiger partial charge in [0.1, 0.15) is 5.01 Å². The molecule has 0 bridgehead atoms. The Bertz CT molecular complexity index is 409. The molecule has 2 N–H and O–H groups in total. The van der Waals surface area contributed by atoms with Gasteiger partial charge < -0.3 is 15.4 Å². The normalized spacial score (nSPS) is 22.6. The van der Waals surface area contributed by atoms with Crippen molar-refractivity contribution in [2.45, 2.75) is 25.6 Å². The maximum Gasteiger partial charge on any atom is 0.112 e. The average Bonchev–Trinajstić information content (AvgIpc) is 2.71. The van der Waals surface area contributed by atoms with Gasteiger partial charge >= 0.3 is 0 Å². The molecule has 1 aliphatic heterocycles. The van der Waals surface area contributed by atoms with Gasteiger partial charge in [0, 0.05) is 25.1 Å². The van der Waals surface area contributed by atoms with E-state index in [-0.39, 0.29) is 0 Å². The highest BCUT2D eigenvalue weighted by atomic mass is 32.1. The van der Waals surface area contributed by atoms with Crippen LogP contribution in [-0.4, -0.2) is 55.6 Å². The number of nitrogens with zero attached hydrogens (tertiary/aromatic N) is 3. The van der Waals surface area contributed by atoms with Gasteiger partial charge in [0.15, 0.2) is 0 Å². The van der Waals surface area contributed by atoms with Crippen LogP contribution >= 0.6 is 11.3 Å². The van der Waals surface area contributed by atoms with E-state index in [2.05, 4.69) is 23.9 Å². The number of thiazole rings is 1. The Morgan fingerprint density at radius 3 is 2.89 bits per heavy atom. The highest BCUT2D eigenvalue weighted by molar-refractivity contribution is 7.11. The van der Waals surface area contributed by atoms with E-state index in [1.54, 1.807) is 18.4 Å². The van der Waals surface area contributed by atoms with E-state index in [9.17, 15) is 0 Å². The van der Waals surface area contributed by atoms with Gasteiger partial charge in [0.2, 0.25) is 0 Å². The summed E-state index contributed by atoms with van der Waals surface area (Å²) in [7, 11) is 6.06. The van der Waals surface area contributed by atoms with E-state index < -0.39 is 0 Å². The van der Waals surface area contributed by atoms with Crippen molar-refractivity contribution in [1.82, 2.24) is 14.8 Å². The second kappa shape index (κ2) is 6.76. The molecule has 1 aromatic heterocycles. The number of ether oxygens (including phenoxy) is 1. The number of hydrogen-bond donors (Lipinski definition) is 1. The van der Waals surface area contributed by atoms with E-state index in [0.717, 1.165) is 30.2 Å². The molecule has 0 aliphatic carbocycles. The number of rotatable bonds is 4. The summed E-state index contributed by atoms with van der Waals surface area (Å²) in [6.45, 7) is 4.39. The molecule has 1 atom stereocenters. The molecule has 1 saturated heterocycles. The molecule has 5 nitrogen and oxygen atoms in total. The molecule has 1 fully saturated rings. The van der Waals surface area contributed by atoms with Gasteiger partial charge in [0.25, 0.3) is 0 Å². The number of aromatic nitrogens is 1. The first-order valence-corrected chi connectivity index (χ1v) is 7.53. The fraction of sp³-hybridized carbons (Fsp3) is 0.769. The molecular formula is C13H24N4OS. The van der Waals surface area contributed by atoms with Crippen LogP contribution in [0.25, 0.3) is 0 Å². The van der Waals surface area contributed by atoms with Gasteiger partial charge in [-0.25, -0.2) is 4.98 Å². The van der Waals surface area contributed by atoms with Gasteiger partial charge in [-0.3, -0.25) is 4.90 Å². The molecule has 0 radical (unpaired) electrons. The lowest BCUT2D eigenvalue weighted by molar-refractivity contribution is 0.180. The largest absolute Gasteiger partial charge is 0.378 e. The topological polar surface area (TPSA) is 54.6 Å². The molecule has 1 aromatic rings. The lowest BCUT2D eigenvalue weighted by atomic mass is 10.2. The molecule has 2 rings (SSSR count). The maximum absolute atomic E-state index is 5.81. The zero-order chi connectivity index (χ0) is 13.8. The minimum absolute atomic E-state index is 0.369. The smallest absolute Gasteiger partial charge is 0.112 e. The molecule has 1 unspecified atom stereocenters. The molecular weight excluding hydrogens is 260 g/mol. The van der Waals surface area contributed by atoms with Crippen LogP contribution in [0.2, 0.25) is 0 Å². The zero-order valence-corrected chi connectivity index (χ0v) is 12.9. The SMILES string of the molecule is COCc1nc(C2CN(C)CCCN2C)sc1CN.